The van der Waals surface area contributed by atoms with Crippen molar-refractivity contribution in [3.63, 3.8) is 0 Å². The average molecular weight is 432 g/mol. The van der Waals surface area contributed by atoms with Crippen LogP contribution in [0, 0.1) is 6.92 Å². The third-order valence-corrected chi connectivity index (χ3v) is 5.11. The van der Waals surface area contributed by atoms with Crippen molar-refractivity contribution in [1.29, 1.82) is 0 Å². The van der Waals surface area contributed by atoms with Crippen molar-refractivity contribution in [3.8, 4) is 28.8 Å². The van der Waals surface area contributed by atoms with Gasteiger partial charge in [-0.1, -0.05) is 30.3 Å². The molecule has 0 amide bonds. The lowest BCUT2D eigenvalue weighted by molar-refractivity contribution is 0.358. The SMILES string of the molecule is COc1cc(Oc2ccc(-n3cnc(C)c3)c(OC)c2)c(=O)n(C(C)c2ccccc2)n1. The quantitative estimate of drug-likeness (QED) is 0.436. The minimum absolute atomic E-state index is 0.105. The summed E-state index contributed by atoms with van der Waals surface area (Å²) in [6.07, 6.45) is 3.61. The number of ether oxygens (including phenoxy) is 3. The second-order valence-electron chi connectivity index (χ2n) is 7.25. The predicted molar refractivity (Wildman–Crippen MR) is 120 cm³/mol. The normalized spacial score (nSPS) is 11.8. The third-order valence-electron chi connectivity index (χ3n) is 5.11. The van der Waals surface area contributed by atoms with Gasteiger partial charge in [0.15, 0.2) is 5.75 Å². The van der Waals surface area contributed by atoms with E-state index >= 15 is 0 Å². The van der Waals surface area contributed by atoms with E-state index in [1.807, 2.05) is 61.0 Å². The highest BCUT2D eigenvalue weighted by Crippen LogP contribution is 2.31. The molecule has 4 rings (SSSR count). The second kappa shape index (κ2) is 8.97. The number of hydrogen-bond donors (Lipinski definition) is 0. The molecule has 0 N–H and O–H groups in total. The number of rotatable bonds is 7. The van der Waals surface area contributed by atoms with E-state index < -0.39 is 0 Å². The van der Waals surface area contributed by atoms with Crippen molar-refractivity contribution in [2.24, 2.45) is 0 Å². The van der Waals surface area contributed by atoms with Crippen LogP contribution in [0.2, 0.25) is 0 Å². The van der Waals surface area contributed by atoms with Crippen molar-refractivity contribution in [3.05, 3.63) is 88.7 Å². The maximum absolute atomic E-state index is 13.2. The summed E-state index contributed by atoms with van der Waals surface area (Å²) in [5.74, 6) is 1.42. The molecule has 0 aliphatic rings. The zero-order valence-electron chi connectivity index (χ0n) is 18.4. The predicted octanol–water partition coefficient (Wildman–Crippen LogP) is 4.16. The second-order valence-corrected chi connectivity index (χ2v) is 7.25. The summed E-state index contributed by atoms with van der Waals surface area (Å²) < 4.78 is 20.0. The van der Waals surface area contributed by atoms with Gasteiger partial charge >= 0.3 is 5.56 Å². The van der Waals surface area contributed by atoms with Gasteiger partial charge in [0.25, 0.3) is 0 Å². The Morgan fingerprint density at radius 1 is 0.969 bits per heavy atom. The van der Waals surface area contributed by atoms with E-state index in [4.69, 9.17) is 14.2 Å². The van der Waals surface area contributed by atoms with E-state index in [0.29, 0.717) is 11.5 Å². The Morgan fingerprint density at radius 3 is 2.41 bits per heavy atom. The number of imidazole rings is 1. The topological polar surface area (TPSA) is 80.4 Å². The molecule has 0 saturated carbocycles. The van der Waals surface area contributed by atoms with Crippen LogP contribution in [0.1, 0.15) is 24.2 Å². The highest BCUT2D eigenvalue weighted by Gasteiger charge is 2.18. The first kappa shape index (κ1) is 21.2. The Hall–Kier alpha value is -4.07. The van der Waals surface area contributed by atoms with Crippen LogP contribution >= 0.6 is 0 Å². The molecule has 0 spiro atoms. The van der Waals surface area contributed by atoms with E-state index in [2.05, 4.69) is 10.1 Å². The molecule has 1 atom stereocenters. The van der Waals surface area contributed by atoms with Crippen molar-refractivity contribution in [2.75, 3.05) is 14.2 Å². The van der Waals surface area contributed by atoms with Crippen LogP contribution in [0.5, 0.6) is 23.1 Å². The van der Waals surface area contributed by atoms with Gasteiger partial charge in [-0.3, -0.25) is 4.79 Å². The molecule has 8 heteroatoms. The van der Waals surface area contributed by atoms with Crippen LogP contribution in [-0.2, 0) is 0 Å². The molecular weight excluding hydrogens is 408 g/mol. The van der Waals surface area contributed by atoms with Gasteiger partial charge in [0, 0.05) is 12.3 Å². The van der Waals surface area contributed by atoms with Gasteiger partial charge in [-0.15, -0.1) is 5.10 Å². The van der Waals surface area contributed by atoms with E-state index in [-0.39, 0.29) is 23.2 Å². The Labute approximate surface area is 185 Å². The lowest BCUT2D eigenvalue weighted by atomic mass is 10.1. The Kier molecular flexibility index (Phi) is 5.93. The average Bonchev–Trinajstić information content (AvgIpc) is 3.26. The fraction of sp³-hybridized carbons (Fsp3) is 0.208. The Morgan fingerprint density at radius 2 is 1.75 bits per heavy atom. The van der Waals surface area contributed by atoms with Gasteiger partial charge in [0.05, 0.1) is 44.0 Å². The summed E-state index contributed by atoms with van der Waals surface area (Å²) in [4.78, 5) is 17.4. The van der Waals surface area contributed by atoms with Crippen LogP contribution in [0.15, 0.2) is 71.9 Å². The standard InChI is InChI=1S/C24H24N4O4/c1-16-14-27(15-25-16)20-11-10-19(12-21(20)30-3)32-22-13-23(31-4)26-28(24(22)29)17(2)18-8-6-5-7-9-18/h5-15,17H,1-4H3. The zero-order valence-corrected chi connectivity index (χ0v) is 18.4. The molecule has 0 fully saturated rings. The van der Waals surface area contributed by atoms with Gasteiger partial charge in [-0.25, -0.2) is 9.67 Å². The summed E-state index contributed by atoms with van der Waals surface area (Å²) in [5.41, 5.74) is 2.28. The first-order chi connectivity index (χ1) is 15.5. The van der Waals surface area contributed by atoms with E-state index in [1.165, 1.54) is 17.9 Å². The molecule has 0 bridgehead atoms. The molecule has 0 saturated heterocycles. The first-order valence-corrected chi connectivity index (χ1v) is 10.1. The van der Waals surface area contributed by atoms with Crippen molar-refractivity contribution < 1.29 is 14.2 Å². The van der Waals surface area contributed by atoms with Gasteiger partial charge < -0.3 is 18.8 Å². The maximum Gasteiger partial charge on any atom is 0.310 e. The Balaban J connectivity index is 1.71. The molecule has 2 aromatic heterocycles. The smallest absolute Gasteiger partial charge is 0.310 e. The van der Waals surface area contributed by atoms with Crippen molar-refractivity contribution >= 4 is 0 Å². The minimum atomic E-state index is -0.365. The third kappa shape index (κ3) is 4.20. The van der Waals surface area contributed by atoms with E-state index in [9.17, 15) is 4.79 Å². The summed E-state index contributed by atoms with van der Waals surface area (Å²) in [5, 5.41) is 4.33. The zero-order chi connectivity index (χ0) is 22.7. The molecule has 32 heavy (non-hydrogen) atoms. The van der Waals surface area contributed by atoms with Crippen LogP contribution in [0.25, 0.3) is 5.69 Å². The number of benzene rings is 2. The number of nitrogens with zero attached hydrogens (tertiary/aromatic N) is 4. The van der Waals surface area contributed by atoms with Gasteiger partial charge in [-0.05, 0) is 31.5 Å². The molecule has 8 nitrogen and oxygen atoms in total. The molecule has 0 radical (unpaired) electrons. The fourth-order valence-corrected chi connectivity index (χ4v) is 3.39. The summed E-state index contributed by atoms with van der Waals surface area (Å²) >= 11 is 0. The van der Waals surface area contributed by atoms with Crippen LogP contribution in [-0.4, -0.2) is 33.6 Å². The van der Waals surface area contributed by atoms with E-state index in [1.54, 1.807) is 25.6 Å². The fourth-order valence-electron chi connectivity index (χ4n) is 3.39. The number of hydrogen-bond acceptors (Lipinski definition) is 6. The first-order valence-electron chi connectivity index (χ1n) is 10.1. The molecule has 4 aromatic rings. The van der Waals surface area contributed by atoms with Crippen LogP contribution in [0.4, 0.5) is 0 Å². The number of methoxy groups -OCH3 is 2. The summed E-state index contributed by atoms with van der Waals surface area (Å²) in [6, 6.07) is 16.2. The molecule has 2 aromatic carbocycles. The maximum atomic E-state index is 13.2. The van der Waals surface area contributed by atoms with Crippen LogP contribution in [0.3, 0.4) is 0 Å². The lowest BCUT2D eigenvalue weighted by Gasteiger charge is -2.17. The van der Waals surface area contributed by atoms with Gasteiger partial charge in [0.2, 0.25) is 5.88 Å². The highest BCUT2D eigenvalue weighted by molar-refractivity contribution is 5.52. The van der Waals surface area contributed by atoms with Gasteiger partial charge in [-0.2, -0.15) is 0 Å². The largest absolute Gasteiger partial charge is 0.494 e. The lowest BCUT2D eigenvalue weighted by Crippen LogP contribution is -2.27. The monoisotopic (exact) mass is 432 g/mol. The van der Waals surface area contributed by atoms with Crippen molar-refractivity contribution in [1.82, 2.24) is 19.3 Å². The van der Waals surface area contributed by atoms with Crippen LogP contribution < -0.4 is 19.8 Å². The van der Waals surface area contributed by atoms with Gasteiger partial charge in [0.1, 0.15) is 11.5 Å². The minimum Gasteiger partial charge on any atom is -0.494 e. The molecular formula is C24H24N4O4. The molecule has 0 aliphatic heterocycles. The Bertz CT molecular complexity index is 1280. The van der Waals surface area contributed by atoms with Crippen molar-refractivity contribution in [2.45, 2.75) is 19.9 Å². The molecule has 0 aliphatic carbocycles. The number of aryl methyl sites for hydroxylation is 1. The number of aromatic nitrogens is 4. The van der Waals surface area contributed by atoms with E-state index in [0.717, 1.165) is 16.9 Å². The molecule has 1 unspecified atom stereocenters. The molecule has 2 heterocycles. The summed E-state index contributed by atoms with van der Waals surface area (Å²) in [7, 11) is 3.08. The highest BCUT2D eigenvalue weighted by atomic mass is 16.5. The summed E-state index contributed by atoms with van der Waals surface area (Å²) in [6.45, 7) is 3.82. The molecule has 164 valence electrons.